The number of carbonyl (C=O) groups is 1. The van der Waals surface area contributed by atoms with E-state index in [-0.39, 0.29) is 30.9 Å². The lowest BCUT2D eigenvalue weighted by Gasteiger charge is -2.15. The summed E-state index contributed by atoms with van der Waals surface area (Å²) in [6, 6.07) is 2.68. The molecule has 7 nitrogen and oxygen atoms in total. The average Bonchev–Trinajstić information content (AvgIpc) is 2.37. The van der Waals surface area contributed by atoms with Crippen LogP contribution in [-0.4, -0.2) is 37.3 Å². The molecular weight excluding hydrogens is 300 g/mol. The smallest absolute Gasteiger partial charge is 0.303 e. The molecule has 0 aromatic heterocycles. The number of carboxylic acid groups (broad SMARTS) is 1. The Bertz CT molecular complexity index is 607. The third kappa shape index (κ3) is 4.91. The number of aryl methyl sites for hydroxylation is 1. The molecule has 1 aromatic rings. The summed E-state index contributed by atoms with van der Waals surface area (Å²) < 4.78 is 42.8. The Hall–Kier alpha value is -1.80. The van der Waals surface area contributed by atoms with Gasteiger partial charge in [-0.3, -0.25) is 9.35 Å². The van der Waals surface area contributed by atoms with Gasteiger partial charge in [0.25, 0.3) is 10.1 Å². The third-order valence-electron chi connectivity index (χ3n) is 2.59. The molecule has 0 heterocycles. The fourth-order valence-electron chi connectivity index (χ4n) is 1.81. The molecular formula is C13H18O7S. The first-order valence-electron chi connectivity index (χ1n) is 6.41. The Morgan fingerprint density at radius 1 is 1.19 bits per heavy atom. The zero-order valence-corrected chi connectivity index (χ0v) is 12.6. The largest absolute Gasteiger partial charge is 0.494 e. The van der Waals surface area contributed by atoms with Crippen molar-refractivity contribution < 1.29 is 32.3 Å². The standard InChI is InChI=1S/C13H18O7S/c1-3-19-10-7-9(5-6-12(14)15)13(20-4-2)11(8-10)21(16,17)18/h7-8H,3-6H2,1-2H3,(H,14,15)(H,16,17,18). The molecule has 0 saturated carbocycles. The maximum Gasteiger partial charge on any atom is 0.303 e. The number of benzene rings is 1. The molecule has 8 heteroatoms. The summed E-state index contributed by atoms with van der Waals surface area (Å²) in [5.74, 6) is -0.827. The van der Waals surface area contributed by atoms with E-state index < -0.39 is 21.0 Å². The highest BCUT2D eigenvalue weighted by Gasteiger charge is 2.22. The van der Waals surface area contributed by atoms with Crippen LogP contribution < -0.4 is 9.47 Å². The van der Waals surface area contributed by atoms with Crippen molar-refractivity contribution in [2.24, 2.45) is 0 Å². The SMILES string of the molecule is CCOc1cc(CCC(=O)O)c(OCC)c(S(=O)(=O)O)c1. The van der Waals surface area contributed by atoms with Crippen molar-refractivity contribution >= 4 is 16.1 Å². The Labute approximate surface area is 123 Å². The van der Waals surface area contributed by atoms with Crippen molar-refractivity contribution in [3.05, 3.63) is 17.7 Å². The normalized spacial score (nSPS) is 11.2. The van der Waals surface area contributed by atoms with Crippen LogP contribution in [0.2, 0.25) is 0 Å². The van der Waals surface area contributed by atoms with Crippen molar-refractivity contribution in [3.63, 3.8) is 0 Å². The van der Waals surface area contributed by atoms with E-state index in [0.717, 1.165) is 6.07 Å². The highest BCUT2D eigenvalue weighted by molar-refractivity contribution is 7.86. The van der Waals surface area contributed by atoms with E-state index in [4.69, 9.17) is 14.6 Å². The van der Waals surface area contributed by atoms with E-state index in [1.807, 2.05) is 0 Å². The molecule has 1 aromatic carbocycles. The topological polar surface area (TPSA) is 110 Å². The Morgan fingerprint density at radius 3 is 2.29 bits per heavy atom. The molecule has 0 radical (unpaired) electrons. The quantitative estimate of drug-likeness (QED) is 0.702. The van der Waals surface area contributed by atoms with Crippen LogP contribution in [0.1, 0.15) is 25.8 Å². The second-order valence-corrected chi connectivity index (χ2v) is 5.53. The van der Waals surface area contributed by atoms with Gasteiger partial charge in [-0.2, -0.15) is 8.42 Å². The molecule has 118 valence electrons. The van der Waals surface area contributed by atoms with Crippen molar-refractivity contribution in [1.82, 2.24) is 0 Å². The average molecular weight is 318 g/mol. The molecule has 21 heavy (non-hydrogen) atoms. The predicted molar refractivity (Wildman–Crippen MR) is 74.6 cm³/mol. The summed E-state index contributed by atoms with van der Waals surface area (Å²) in [7, 11) is -4.51. The minimum atomic E-state index is -4.51. The maximum absolute atomic E-state index is 11.5. The number of ether oxygens (including phenoxy) is 2. The molecule has 2 N–H and O–H groups in total. The lowest BCUT2D eigenvalue weighted by Crippen LogP contribution is -2.08. The minimum absolute atomic E-state index is 0.0373. The molecule has 1 rings (SSSR count). The van der Waals surface area contributed by atoms with Crippen molar-refractivity contribution in [2.45, 2.75) is 31.6 Å². The van der Waals surface area contributed by atoms with Crippen LogP contribution in [0.4, 0.5) is 0 Å². The van der Waals surface area contributed by atoms with Crippen LogP contribution in [0.15, 0.2) is 17.0 Å². The summed E-state index contributed by atoms with van der Waals surface area (Å²) in [6.07, 6.45) is -0.130. The molecule has 0 bridgehead atoms. The second kappa shape index (κ2) is 7.28. The van der Waals surface area contributed by atoms with Gasteiger partial charge in [0, 0.05) is 12.5 Å². The van der Waals surface area contributed by atoms with Gasteiger partial charge >= 0.3 is 5.97 Å². The first-order chi connectivity index (χ1) is 9.79. The summed E-state index contributed by atoms with van der Waals surface area (Å²) in [5.41, 5.74) is 0.359. The molecule has 0 aliphatic heterocycles. The van der Waals surface area contributed by atoms with Crippen LogP contribution in [0, 0.1) is 0 Å². The number of rotatable bonds is 8. The molecule has 0 atom stereocenters. The van der Waals surface area contributed by atoms with Gasteiger partial charge in [0.05, 0.1) is 13.2 Å². The van der Waals surface area contributed by atoms with Crippen LogP contribution in [0.5, 0.6) is 11.5 Å². The van der Waals surface area contributed by atoms with E-state index in [2.05, 4.69) is 0 Å². The van der Waals surface area contributed by atoms with Crippen molar-refractivity contribution in [1.29, 1.82) is 0 Å². The lowest BCUT2D eigenvalue weighted by molar-refractivity contribution is -0.136. The van der Waals surface area contributed by atoms with Gasteiger partial charge in [-0.15, -0.1) is 0 Å². The zero-order valence-electron chi connectivity index (χ0n) is 11.8. The number of hydrogen-bond acceptors (Lipinski definition) is 5. The molecule has 0 unspecified atom stereocenters. The molecule has 0 aliphatic rings. The van der Waals surface area contributed by atoms with E-state index in [9.17, 15) is 17.8 Å². The van der Waals surface area contributed by atoms with Crippen LogP contribution in [0.3, 0.4) is 0 Å². The molecule has 0 amide bonds. The van der Waals surface area contributed by atoms with Gasteiger partial charge in [-0.25, -0.2) is 0 Å². The van der Waals surface area contributed by atoms with Crippen molar-refractivity contribution in [3.8, 4) is 11.5 Å². The maximum atomic E-state index is 11.5. The number of carboxylic acids is 1. The van der Waals surface area contributed by atoms with Crippen LogP contribution in [-0.2, 0) is 21.3 Å². The molecule has 0 aliphatic carbocycles. The first-order valence-corrected chi connectivity index (χ1v) is 7.85. The van der Waals surface area contributed by atoms with E-state index in [1.54, 1.807) is 13.8 Å². The Balaban J connectivity index is 3.41. The van der Waals surface area contributed by atoms with Crippen LogP contribution in [0.25, 0.3) is 0 Å². The minimum Gasteiger partial charge on any atom is -0.494 e. The second-order valence-electron chi connectivity index (χ2n) is 4.14. The summed E-state index contributed by atoms with van der Waals surface area (Å²) in [5, 5.41) is 8.76. The third-order valence-corrected chi connectivity index (χ3v) is 3.45. The number of aliphatic carboxylic acids is 1. The van der Waals surface area contributed by atoms with E-state index in [0.29, 0.717) is 12.2 Å². The van der Waals surface area contributed by atoms with Gasteiger partial charge in [0.15, 0.2) is 0 Å². The number of hydrogen-bond donors (Lipinski definition) is 2. The van der Waals surface area contributed by atoms with Gasteiger partial charge < -0.3 is 14.6 Å². The van der Waals surface area contributed by atoms with E-state index in [1.165, 1.54) is 6.07 Å². The fraction of sp³-hybridized carbons (Fsp3) is 0.462. The Kier molecular flexibility index (Phi) is 5.98. The highest BCUT2D eigenvalue weighted by Crippen LogP contribution is 2.34. The summed E-state index contributed by atoms with van der Waals surface area (Å²) in [4.78, 5) is 10.3. The Morgan fingerprint density at radius 2 is 1.81 bits per heavy atom. The van der Waals surface area contributed by atoms with Gasteiger partial charge in [-0.1, -0.05) is 0 Å². The molecule has 0 fully saturated rings. The lowest BCUT2D eigenvalue weighted by atomic mass is 10.1. The van der Waals surface area contributed by atoms with Crippen LogP contribution >= 0.6 is 0 Å². The van der Waals surface area contributed by atoms with Gasteiger partial charge in [0.2, 0.25) is 0 Å². The fourth-order valence-corrected chi connectivity index (χ4v) is 2.50. The van der Waals surface area contributed by atoms with Crippen molar-refractivity contribution in [2.75, 3.05) is 13.2 Å². The first kappa shape index (κ1) is 17.3. The molecule has 0 spiro atoms. The summed E-state index contributed by atoms with van der Waals surface area (Å²) >= 11 is 0. The predicted octanol–water partition coefficient (Wildman–Crippen LogP) is 1.75. The summed E-state index contributed by atoms with van der Waals surface area (Å²) in [6.45, 7) is 3.86. The van der Waals surface area contributed by atoms with Gasteiger partial charge in [-0.05, 0) is 31.9 Å². The van der Waals surface area contributed by atoms with Gasteiger partial charge in [0.1, 0.15) is 16.4 Å². The molecule has 0 saturated heterocycles. The monoisotopic (exact) mass is 318 g/mol. The zero-order chi connectivity index (χ0) is 16.0. The highest BCUT2D eigenvalue weighted by atomic mass is 32.2. The van der Waals surface area contributed by atoms with E-state index >= 15 is 0 Å².